The molecule has 1 aromatic rings. The lowest BCUT2D eigenvalue weighted by molar-refractivity contribution is -0.142. The fourth-order valence-electron chi connectivity index (χ4n) is 1.43. The largest absolute Gasteiger partial charge is 0.476 e. The van der Waals surface area contributed by atoms with Crippen LogP contribution in [0.5, 0.6) is 0 Å². The molecule has 118 valence electrons. The Bertz CT molecular complexity index is 516. The predicted octanol–water partition coefficient (Wildman–Crippen LogP) is 2.32. The van der Waals surface area contributed by atoms with Crippen molar-refractivity contribution in [1.82, 2.24) is 15.2 Å². The van der Waals surface area contributed by atoms with Gasteiger partial charge in [-0.05, 0) is 13.8 Å². The molecule has 1 heterocycles. The second-order valence-electron chi connectivity index (χ2n) is 4.43. The summed E-state index contributed by atoms with van der Waals surface area (Å²) in [4.78, 5) is 26.8. The highest BCUT2D eigenvalue weighted by molar-refractivity contribution is 7.09. The van der Waals surface area contributed by atoms with Crippen LogP contribution >= 0.6 is 11.3 Å². The molecule has 0 radical (unpaired) electrons. The standard InChI is InChI=1S/C11H14F3N3O3S/c1-6(2)17(5-11(12,13)14)10(20)15-3-8-16-7(4-21-8)9(18)19/h4,6H,3,5H2,1-2H3,(H,15,20)(H,18,19). The second-order valence-corrected chi connectivity index (χ2v) is 5.37. The van der Waals surface area contributed by atoms with Gasteiger partial charge in [-0.2, -0.15) is 13.2 Å². The second kappa shape index (κ2) is 6.74. The molecule has 21 heavy (non-hydrogen) atoms. The molecule has 6 nitrogen and oxygen atoms in total. The van der Waals surface area contributed by atoms with Crippen molar-refractivity contribution in [2.75, 3.05) is 6.54 Å². The van der Waals surface area contributed by atoms with Gasteiger partial charge in [-0.25, -0.2) is 14.6 Å². The summed E-state index contributed by atoms with van der Waals surface area (Å²) in [6, 6.07) is -1.51. The van der Waals surface area contributed by atoms with Crippen LogP contribution in [0.3, 0.4) is 0 Å². The van der Waals surface area contributed by atoms with Crippen molar-refractivity contribution in [2.45, 2.75) is 32.6 Å². The fraction of sp³-hybridized carbons (Fsp3) is 0.545. The number of halogens is 3. The molecule has 0 aliphatic heterocycles. The number of hydrogen-bond acceptors (Lipinski definition) is 4. The highest BCUT2D eigenvalue weighted by atomic mass is 32.1. The van der Waals surface area contributed by atoms with Gasteiger partial charge in [-0.15, -0.1) is 11.3 Å². The molecular formula is C11H14F3N3O3S. The molecule has 0 unspecified atom stereocenters. The summed E-state index contributed by atoms with van der Waals surface area (Å²) in [5.74, 6) is -1.20. The van der Waals surface area contributed by atoms with Gasteiger partial charge in [-0.1, -0.05) is 0 Å². The van der Waals surface area contributed by atoms with E-state index in [0.29, 0.717) is 9.91 Å². The van der Waals surface area contributed by atoms with Crippen LogP contribution in [0.1, 0.15) is 29.3 Å². The molecule has 2 amide bonds. The van der Waals surface area contributed by atoms with Crippen LogP contribution < -0.4 is 5.32 Å². The average molecular weight is 325 g/mol. The highest BCUT2D eigenvalue weighted by Crippen LogP contribution is 2.18. The third-order valence-electron chi connectivity index (χ3n) is 2.40. The summed E-state index contributed by atoms with van der Waals surface area (Å²) in [5, 5.41) is 12.6. The Hall–Kier alpha value is -1.84. The van der Waals surface area contributed by atoms with E-state index in [-0.39, 0.29) is 12.2 Å². The molecule has 0 aliphatic carbocycles. The van der Waals surface area contributed by atoms with Gasteiger partial charge in [0.25, 0.3) is 0 Å². The van der Waals surface area contributed by atoms with E-state index in [4.69, 9.17) is 5.11 Å². The first-order chi connectivity index (χ1) is 9.60. The van der Waals surface area contributed by atoms with Crippen molar-refractivity contribution in [3.05, 3.63) is 16.1 Å². The number of carbonyl (C=O) groups is 2. The summed E-state index contributed by atoms with van der Waals surface area (Å²) in [6.45, 7) is 1.46. The maximum atomic E-state index is 12.4. The first-order valence-electron chi connectivity index (χ1n) is 5.89. The number of urea groups is 1. The van der Waals surface area contributed by atoms with Gasteiger partial charge in [0.1, 0.15) is 11.6 Å². The minimum absolute atomic E-state index is 0.127. The van der Waals surface area contributed by atoms with Gasteiger partial charge in [0.15, 0.2) is 5.69 Å². The van der Waals surface area contributed by atoms with Crippen molar-refractivity contribution in [2.24, 2.45) is 0 Å². The van der Waals surface area contributed by atoms with E-state index in [1.54, 1.807) is 0 Å². The number of aromatic carboxylic acids is 1. The number of rotatable bonds is 5. The Kier molecular flexibility index (Phi) is 5.53. The molecule has 0 fully saturated rings. The molecule has 0 aliphatic rings. The predicted molar refractivity (Wildman–Crippen MR) is 69.2 cm³/mol. The van der Waals surface area contributed by atoms with Gasteiger partial charge >= 0.3 is 18.2 Å². The Morgan fingerprint density at radius 1 is 1.48 bits per heavy atom. The number of carboxylic acid groups (broad SMARTS) is 1. The van der Waals surface area contributed by atoms with Gasteiger partial charge in [0.2, 0.25) is 0 Å². The summed E-state index contributed by atoms with van der Waals surface area (Å²) < 4.78 is 37.2. The minimum Gasteiger partial charge on any atom is -0.476 e. The number of thiazole rings is 1. The van der Waals surface area contributed by atoms with Crippen LogP contribution in [0.25, 0.3) is 0 Å². The fourth-order valence-corrected chi connectivity index (χ4v) is 2.13. The summed E-state index contributed by atoms with van der Waals surface area (Å²) in [7, 11) is 0. The van der Waals surface area contributed by atoms with E-state index in [9.17, 15) is 22.8 Å². The zero-order valence-electron chi connectivity index (χ0n) is 11.3. The highest BCUT2D eigenvalue weighted by Gasteiger charge is 2.34. The third kappa shape index (κ3) is 5.58. The number of aromatic nitrogens is 1. The monoisotopic (exact) mass is 325 g/mol. The van der Waals surface area contributed by atoms with Crippen LogP contribution in [0.2, 0.25) is 0 Å². The maximum Gasteiger partial charge on any atom is 0.406 e. The first kappa shape index (κ1) is 17.2. The van der Waals surface area contributed by atoms with Gasteiger partial charge in [0.05, 0.1) is 6.54 Å². The molecule has 10 heteroatoms. The SMILES string of the molecule is CC(C)N(CC(F)(F)F)C(=O)NCc1nc(C(=O)O)cs1. The van der Waals surface area contributed by atoms with Crippen molar-refractivity contribution < 1.29 is 27.9 Å². The topological polar surface area (TPSA) is 82.5 Å². The molecule has 0 atom stereocenters. The summed E-state index contributed by atoms with van der Waals surface area (Å²) in [5.41, 5.74) is -0.166. The Morgan fingerprint density at radius 2 is 2.10 bits per heavy atom. The van der Waals surface area contributed by atoms with Crippen LogP contribution in [0.15, 0.2) is 5.38 Å². The van der Waals surface area contributed by atoms with Gasteiger partial charge in [0, 0.05) is 11.4 Å². The Balaban J connectivity index is 2.63. The van der Waals surface area contributed by atoms with E-state index in [1.807, 2.05) is 0 Å². The maximum absolute atomic E-state index is 12.4. The average Bonchev–Trinajstić information content (AvgIpc) is 2.80. The molecule has 1 aromatic heterocycles. The van der Waals surface area contributed by atoms with Gasteiger partial charge in [-0.3, -0.25) is 0 Å². The van der Waals surface area contributed by atoms with E-state index < -0.39 is 30.8 Å². The molecule has 0 aromatic carbocycles. The molecule has 0 saturated carbocycles. The van der Waals surface area contributed by atoms with E-state index in [2.05, 4.69) is 10.3 Å². The number of amides is 2. The number of nitrogens with zero attached hydrogens (tertiary/aromatic N) is 2. The number of hydrogen-bond donors (Lipinski definition) is 2. The zero-order chi connectivity index (χ0) is 16.2. The molecule has 0 spiro atoms. The minimum atomic E-state index is -4.49. The Labute approximate surface area is 122 Å². The van der Waals surface area contributed by atoms with Crippen LogP contribution in [0, 0.1) is 0 Å². The smallest absolute Gasteiger partial charge is 0.406 e. The van der Waals surface area contributed by atoms with Crippen molar-refractivity contribution >= 4 is 23.3 Å². The molecule has 0 saturated heterocycles. The van der Waals surface area contributed by atoms with Crippen molar-refractivity contribution in [1.29, 1.82) is 0 Å². The van der Waals surface area contributed by atoms with Gasteiger partial charge < -0.3 is 15.3 Å². The number of carboxylic acids is 1. The van der Waals surface area contributed by atoms with E-state index in [0.717, 1.165) is 11.3 Å². The molecule has 1 rings (SSSR count). The number of nitrogens with one attached hydrogen (secondary N) is 1. The first-order valence-corrected chi connectivity index (χ1v) is 6.77. The van der Waals surface area contributed by atoms with E-state index >= 15 is 0 Å². The lowest BCUT2D eigenvalue weighted by Gasteiger charge is -2.27. The summed E-state index contributed by atoms with van der Waals surface area (Å²) >= 11 is 1.01. The Morgan fingerprint density at radius 3 is 2.52 bits per heavy atom. The molecular weight excluding hydrogens is 311 g/mol. The van der Waals surface area contributed by atoms with Crippen LogP contribution in [0.4, 0.5) is 18.0 Å². The normalized spacial score (nSPS) is 11.5. The lowest BCUT2D eigenvalue weighted by atomic mass is 10.3. The number of carbonyl (C=O) groups excluding carboxylic acids is 1. The van der Waals surface area contributed by atoms with Crippen molar-refractivity contribution in [3.63, 3.8) is 0 Å². The van der Waals surface area contributed by atoms with E-state index in [1.165, 1.54) is 19.2 Å². The molecule has 0 bridgehead atoms. The number of alkyl halides is 3. The van der Waals surface area contributed by atoms with Crippen molar-refractivity contribution in [3.8, 4) is 0 Å². The lowest BCUT2D eigenvalue weighted by Crippen LogP contribution is -2.48. The zero-order valence-corrected chi connectivity index (χ0v) is 12.1. The van der Waals surface area contributed by atoms with Crippen LogP contribution in [-0.4, -0.2) is 45.8 Å². The quantitative estimate of drug-likeness (QED) is 0.870. The van der Waals surface area contributed by atoms with Crippen LogP contribution in [-0.2, 0) is 6.54 Å². The summed E-state index contributed by atoms with van der Waals surface area (Å²) in [6.07, 6.45) is -4.49. The third-order valence-corrected chi connectivity index (χ3v) is 3.24. The molecule has 2 N–H and O–H groups in total.